The first-order valence-electron chi connectivity index (χ1n) is 15.6. The third kappa shape index (κ3) is 5.40. The number of benzene rings is 2. The third-order valence-corrected chi connectivity index (χ3v) is 11.7. The molecule has 3 heterocycles. The van der Waals surface area contributed by atoms with Crippen molar-refractivity contribution in [1.29, 1.82) is 0 Å². The van der Waals surface area contributed by atoms with Gasteiger partial charge in [-0.3, -0.25) is 14.4 Å². The van der Waals surface area contributed by atoms with E-state index in [2.05, 4.69) is 13.2 Å². The molecule has 0 aliphatic carbocycles. The number of para-hydroxylation sites is 1. The van der Waals surface area contributed by atoms with Gasteiger partial charge in [-0.25, -0.2) is 0 Å². The number of anilines is 1. The van der Waals surface area contributed by atoms with Crippen molar-refractivity contribution < 1.29 is 24.2 Å². The van der Waals surface area contributed by atoms with Crippen molar-refractivity contribution in [2.75, 3.05) is 24.7 Å². The number of hydrogen-bond donors (Lipinski definition) is 1. The number of fused-ring (bicyclic) bond motifs is 1. The van der Waals surface area contributed by atoms with E-state index < -0.39 is 33.4 Å². The summed E-state index contributed by atoms with van der Waals surface area (Å²) >= 11 is 1.61. The summed E-state index contributed by atoms with van der Waals surface area (Å²) < 4.78 is 4.41. The molecule has 3 saturated heterocycles. The van der Waals surface area contributed by atoms with E-state index in [-0.39, 0.29) is 37.5 Å². The second-order valence-electron chi connectivity index (χ2n) is 12.6. The number of aryl methyl sites for hydroxylation is 2. The molecule has 1 N–H and O–H groups in total. The molecule has 0 saturated carbocycles. The summed E-state index contributed by atoms with van der Waals surface area (Å²) in [5.74, 6) is -2.23. The summed E-state index contributed by atoms with van der Waals surface area (Å²) in [5.41, 5.74) is 3.66. The van der Waals surface area contributed by atoms with Gasteiger partial charge in [0.05, 0.1) is 35.8 Å². The van der Waals surface area contributed by atoms with E-state index in [1.54, 1.807) is 33.7 Å². The molecule has 2 bridgehead atoms. The molecule has 5 rings (SSSR count). The van der Waals surface area contributed by atoms with E-state index in [1.807, 2.05) is 69.3 Å². The van der Waals surface area contributed by atoms with Gasteiger partial charge < -0.3 is 19.6 Å². The van der Waals surface area contributed by atoms with Crippen molar-refractivity contribution in [3.05, 3.63) is 90.5 Å². The molecule has 8 heteroatoms. The molecule has 0 radical (unpaired) electrons. The molecule has 2 aromatic rings. The molecule has 2 aromatic carbocycles. The highest BCUT2D eigenvalue weighted by molar-refractivity contribution is 8.02. The van der Waals surface area contributed by atoms with Gasteiger partial charge in [-0.05, 0) is 69.6 Å². The maximum atomic E-state index is 15.1. The van der Waals surface area contributed by atoms with E-state index in [9.17, 15) is 14.7 Å². The minimum atomic E-state index is -0.870. The van der Waals surface area contributed by atoms with E-state index >= 15 is 4.79 Å². The van der Waals surface area contributed by atoms with Crippen LogP contribution in [0.4, 0.5) is 5.69 Å². The molecule has 7 nitrogen and oxygen atoms in total. The fraction of sp³-hybridized carbons (Fsp3) is 0.472. The van der Waals surface area contributed by atoms with Crippen LogP contribution in [0.3, 0.4) is 0 Å². The Bertz CT molecular complexity index is 1410. The molecule has 44 heavy (non-hydrogen) atoms. The Morgan fingerprint density at radius 3 is 2.45 bits per heavy atom. The van der Waals surface area contributed by atoms with Crippen molar-refractivity contribution in [2.45, 2.75) is 74.5 Å². The fourth-order valence-corrected chi connectivity index (χ4v) is 10.1. The molecule has 3 aliphatic heterocycles. The number of amides is 2. The van der Waals surface area contributed by atoms with Gasteiger partial charge in [-0.2, -0.15) is 0 Å². The number of unbranched alkanes of at least 4 members (excludes halogenated alkanes) is 1. The van der Waals surface area contributed by atoms with Gasteiger partial charge in [-0.15, -0.1) is 24.9 Å². The van der Waals surface area contributed by atoms with Gasteiger partial charge in [0.25, 0.3) is 5.91 Å². The number of carbonyl (C=O) groups excluding carboxylic acids is 3. The highest BCUT2D eigenvalue weighted by Crippen LogP contribution is 2.72. The van der Waals surface area contributed by atoms with Gasteiger partial charge in [-0.1, -0.05) is 60.7 Å². The lowest BCUT2D eigenvalue weighted by molar-refractivity contribution is -0.156. The van der Waals surface area contributed by atoms with Crippen LogP contribution in [0.2, 0.25) is 0 Å². The summed E-state index contributed by atoms with van der Waals surface area (Å²) in [5, 5.41) is 10.8. The molecule has 234 valence electrons. The normalized spacial score (nSPS) is 27.6. The maximum Gasteiger partial charge on any atom is 0.311 e. The average molecular weight is 617 g/mol. The maximum absolute atomic E-state index is 15.1. The van der Waals surface area contributed by atoms with Crippen LogP contribution in [-0.4, -0.2) is 69.1 Å². The van der Waals surface area contributed by atoms with E-state index in [4.69, 9.17) is 4.74 Å². The first-order chi connectivity index (χ1) is 21.1. The first-order valence-corrected chi connectivity index (χ1v) is 16.4. The Morgan fingerprint density at radius 1 is 1.11 bits per heavy atom. The molecular weight excluding hydrogens is 572 g/mol. The number of aliphatic hydroxyl groups is 1. The largest absolute Gasteiger partial charge is 0.465 e. The van der Waals surface area contributed by atoms with Crippen LogP contribution in [0.15, 0.2) is 73.8 Å². The Hall–Kier alpha value is -3.36. The van der Waals surface area contributed by atoms with Gasteiger partial charge in [0.15, 0.2) is 0 Å². The molecule has 1 spiro atoms. The standard InChI is InChI=1S/C36H44N2O5S/c1-6-8-12-21-43-34(42)29-28-32(40)38(27(23-39)22-26-16-10-9-11-17-26)31(36(28)19-18-35(29,5)44-36)33(41)37(20-7-2)30-24(3)14-13-15-25(30)4/h6-7,9-11,13-17,27-29,31,39H,1-2,8,12,18-23H2,3-5H3/t27-,28+,29-,31?,35+,36?/m1/s1. The summed E-state index contributed by atoms with van der Waals surface area (Å²) in [6.45, 7) is 13.9. The molecule has 2 unspecified atom stereocenters. The van der Waals surface area contributed by atoms with E-state index in [1.165, 1.54) is 0 Å². The van der Waals surface area contributed by atoms with Crippen LogP contribution in [0, 0.1) is 25.7 Å². The molecule has 3 aliphatic rings. The average Bonchev–Trinajstić information content (AvgIpc) is 3.58. The van der Waals surface area contributed by atoms with Crippen molar-refractivity contribution in [3.8, 4) is 0 Å². The number of allylic oxidation sites excluding steroid dienone is 1. The monoisotopic (exact) mass is 616 g/mol. The number of esters is 1. The second-order valence-corrected chi connectivity index (χ2v) is 14.5. The van der Waals surface area contributed by atoms with Gasteiger partial charge in [0.1, 0.15) is 6.04 Å². The zero-order valence-electron chi connectivity index (χ0n) is 26.0. The second kappa shape index (κ2) is 12.9. The van der Waals surface area contributed by atoms with Gasteiger partial charge in [0.2, 0.25) is 5.91 Å². The van der Waals surface area contributed by atoms with Crippen molar-refractivity contribution in [2.24, 2.45) is 11.8 Å². The highest BCUT2D eigenvalue weighted by atomic mass is 32.2. The van der Waals surface area contributed by atoms with Crippen molar-refractivity contribution in [1.82, 2.24) is 4.90 Å². The Morgan fingerprint density at radius 2 is 1.82 bits per heavy atom. The number of rotatable bonds is 13. The van der Waals surface area contributed by atoms with Crippen LogP contribution < -0.4 is 4.90 Å². The summed E-state index contributed by atoms with van der Waals surface area (Å²) in [6, 6.07) is 14.1. The number of ether oxygens (including phenoxy) is 1. The smallest absolute Gasteiger partial charge is 0.311 e. The predicted molar refractivity (Wildman–Crippen MR) is 175 cm³/mol. The van der Waals surface area contributed by atoms with E-state index in [0.717, 1.165) is 28.8 Å². The minimum Gasteiger partial charge on any atom is -0.465 e. The summed E-state index contributed by atoms with van der Waals surface area (Å²) in [6.07, 6.45) is 6.60. The molecule has 2 amide bonds. The zero-order chi connectivity index (χ0) is 31.6. The van der Waals surface area contributed by atoms with Crippen molar-refractivity contribution >= 4 is 35.2 Å². The van der Waals surface area contributed by atoms with Gasteiger partial charge >= 0.3 is 5.97 Å². The number of nitrogens with zero attached hydrogens (tertiary/aromatic N) is 2. The SMILES string of the molecule is C=CCCCOC(=O)[C@H]1[C@H]2C(=O)N([C@@H](CO)Cc3ccccc3)C(C(=O)N(CC=C)c3c(C)cccc3C)C23CC[C@]1(C)S3. The van der Waals surface area contributed by atoms with Crippen LogP contribution in [0.1, 0.15) is 49.3 Å². The lowest BCUT2D eigenvalue weighted by Crippen LogP contribution is -2.58. The molecule has 0 aromatic heterocycles. The third-order valence-electron chi connectivity index (χ3n) is 9.70. The fourth-order valence-electron chi connectivity index (χ4n) is 7.82. The number of thioether (sulfide) groups is 1. The predicted octanol–water partition coefficient (Wildman–Crippen LogP) is 5.42. The molecule has 3 fully saturated rings. The summed E-state index contributed by atoms with van der Waals surface area (Å²) in [7, 11) is 0. The van der Waals surface area contributed by atoms with Crippen LogP contribution >= 0.6 is 11.8 Å². The molecule has 6 atom stereocenters. The summed E-state index contributed by atoms with van der Waals surface area (Å²) in [4.78, 5) is 47.0. The lowest BCUT2D eigenvalue weighted by atomic mass is 9.66. The zero-order valence-corrected chi connectivity index (χ0v) is 26.9. The first kappa shape index (κ1) is 32.0. The van der Waals surface area contributed by atoms with Crippen LogP contribution in [0.5, 0.6) is 0 Å². The number of likely N-dealkylation sites (tertiary alicyclic amines) is 1. The van der Waals surface area contributed by atoms with E-state index in [0.29, 0.717) is 25.7 Å². The Balaban J connectivity index is 1.61. The van der Waals surface area contributed by atoms with Crippen LogP contribution in [0.25, 0.3) is 0 Å². The van der Waals surface area contributed by atoms with Crippen molar-refractivity contribution in [3.63, 3.8) is 0 Å². The Kier molecular flexibility index (Phi) is 9.42. The highest BCUT2D eigenvalue weighted by Gasteiger charge is 2.78. The number of aliphatic hydroxyl groups excluding tert-OH is 1. The van der Waals surface area contributed by atoms with Gasteiger partial charge in [0, 0.05) is 17.0 Å². The Labute approximate surface area is 265 Å². The molecular formula is C36H44N2O5S. The topological polar surface area (TPSA) is 87.1 Å². The lowest BCUT2D eigenvalue weighted by Gasteiger charge is -2.40. The van der Waals surface area contributed by atoms with Crippen LogP contribution in [-0.2, 0) is 25.5 Å². The number of carbonyl (C=O) groups is 3. The number of hydrogen-bond acceptors (Lipinski definition) is 6. The quantitative estimate of drug-likeness (QED) is 0.184. The minimum absolute atomic E-state index is 0.207.